The molecular weight excluding hydrogens is 424 g/mol. The second-order valence-electron chi connectivity index (χ2n) is 7.99. The molecule has 3 heterocycles. The van der Waals surface area contributed by atoms with Crippen molar-refractivity contribution in [2.75, 3.05) is 17.2 Å². The topological polar surface area (TPSA) is 153 Å². The highest BCUT2D eigenvalue weighted by Crippen LogP contribution is 2.28. The summed E-state index contributed by atoms with van der Waals surface area (Å²) in [6, 6.07) is 9.11. The highest BCUT2D eigenvalue weighted by atomic mass is 16.3. The van der Waals surface area contributed by atoms with Crippen LogP contribution in [0.25, 0.3) is 11.7 Å². The highest BCUT2D eigenvalue weighted by molar-refractivity contribution is 5.89. The molecule has 3 aromatic heterocycles. The van der Waals surface area contributed by atoms with Gasteiger partial charge in [0.1, 0.15) is 11.5 Å². The maximum atomic E-state index is 11.5. The number of fused-ring (bicyclic) bond motifs is 1. The van der Waals surface area contributed by atoms with E-state index in [1.54, 1.807) is 28.9 Å². The molecule has 0 radical (unpaired) electrons. The number of carbonyl (C=O) groups is 1. The van der Waals surface area contributed by atoms with Gasteiger partial charge >= 0.3 is 5.69 Å². The van der Waals surface area contributed by atoms with Crippen molar-refractivity contribution in [3.05, 3.63) is 63.4 Å². The van der Waals surface area contributed by atoms with Crippen molar-refractivity contribution in [2.45, 2.75) is 19.8 Å². The summed E-state index contributed by atoms with van der Waals surface area (Å²) >= 11 is 0. The van der Waals surface area contributed by atoms with Gasteiger partial charge in [0, 0.05) is 36.1 Å². The molecule has 0 saturated heterocycles. The van der Waals surface area contributed by atoms with Crippen molar-refractivity contribution in [3.8, 4) is 5.88 Å². The molecule has 1 aromatic carbocycles. The van der Waals surface area contributed by atoms with E-state index < -0.39 is 5.69 Å². The van der Waals surface area contributed by atoms with E-state index in [0.717, 1.165) is 5.69 Å². The molecule has 0 bridgehead atoms. The Morgan fingerprint density at radius 2 is 2.12 bits per heavy atom. The zero-order valence-corrected chi connectivity index (χ0v) is 17.8. The molecule has 1 amide bonds. The monoisotopic (exact) mass is 446 g/mol. The Hall–Kier alpha value is -4.41. The van der Waals surface area contributed by atoms with Crippen LogP contribution >= 0.6 is 0 Å². The van der Waals surface area contributed by atoms with Gasteiger partial charge in [-0.25, -0.2) is 9.78 Å². The first-order valence-corrected chi connectivity index (χ1v) is 10.5. The average Bonchev–Trinajstić information content (AvgIpc) is 3.42. The van der Waals surface area contributed by atoms with E-state index in [9.17, 15) is 14.7 Å². The Kier molecular flexibility index (Phi) is 5.13. The van der Waals surface area contributed by atoms with Crippen LogP contribution < -0.4 is 27.0 Å². The molecule has 0 atom stereocenters. The van der Waals surface area contributed by atoms with Crippen LogP contribution in [-0.2, 0) is 4.79 Å². The number of aromatic amines is 2. The van der Waals surface area contributed by atoms with Crippen LogP contribution in [-0.4, -0.2) is 42.1 Å². The SMILES string of the molecule is CC(=O)Nc1cccc(Nc2cc(=NCC3CC3)n3nc/c(=C\c4[nH]c(=O)[nH]c4O)c3n2)c1. The minimum atomic E-state index is -0.510. The van der Waals surface area contributed by atoms with Crippen LogP contribution in [0.2, 0.25) is 0 Å². The Morgan fingerprint density at radius 3 is 2.85 bits per heavy atom. The van der Waals surface area contributed by atoms with E-state index in [1.807, 2.05) is 18.2 Å². The number of aromatic hydroxyl groups is 1. The zero-order chi connectivity index (χ0) is 22.9. The van der Waals surface area contributed by atoms with Gasteiger partial charge < -0.3 is 20.7 Å². The van der Waals surface area contributed by atoms with Crippen LogP contribution in [0.5, 0.6) is 5.88 Å². The normalized spacial score (nSPS) is 14.7. The fraction of sp³-hybridized carbons (Fsp3) is 0.227. The quantitative estimate of drug-likeness (QED) is 0.298. The predicted octanol–water partition coefficient (Wildman–Crippen LogP) is 1.01. The third kappa shape index (κ3) is 4.61. The van der Waals surface area contributed by atoms with Gasteiger partial charge in [-0.1, -0.05) is 6.07 Å². The van der Waals surface area contributed by atoms with Gasteiger partial charge in [0.25, 0.3) is 0 Å². The first kappa shape index (κ1) is 20.5. The fourth-order valence-electron chi connectivity index (χ4n) is 3.44. The van der Waals surface area contributed by atoms with Gasteiger partial charge in [0.2, 0.25) is 11.8 Å². The van der Waals surface area contributed by atoms with Gasteiger partial charge in [-0.3, -0.25) is 14.8 Å². The summed E-state index contributed by atoms with van der Waals surface area (Å²) in [4.78, 5) is 37.1. The summed E-state index contributed by atoms with van der Waals surface area (Å²) in [5.41, 5.74) is 2.27. The first-order chi connectivity index (χ1) is 15.9. The van der Waals surface area contributed by atoms with Gasteiger partial charge in [-0.15, -0.1) is 0 Å². The maximum absolute atomic E-state index is 11.5. The third-order valence-corrected chi connectivity index (χ3v) is 5.18. The van der Waals surface area contributed by atoms with Crippen LogP contribution in [0, 0.1) is 5.92 Å². The molecule has 11 heteroatoms. The summed E-state index contributed by atoms with van der Waals surface area (Å²) < 4.78 is 1.63. The van der Waals surface area contributed by atoms with E-state index in [4.69, 9.17) is 4.99 Å². The van der Waals surface area contributed by atoms with Gasteiger partial charge in [-0.05, 0) is 43.0 Å². The number of hydrogen-bond acceptors (Lipinski definition) is 7. The summed E-state index contributed by atoms with van der Waals surface area (Å²) in [6.07, 6.45) is 5.55. The van der Waals surface area contributed by atoms with Crippen molar-refractivity contribution in [1.82, 2.24) is 24.6 Å². The van der Waals surface area contributed by atoms with E-state index in [2.05, 4.69) is 30.7 Å². The molecule has 1 saturated carbocycles. The number of benzene rings is 1. The molecule has 5 rings (SSSR count). The highest BCUT2D eigenvalue weighted by Gasteiger charge is 2.20. The van der Waals surface area contributed by atoms with Crippen molar-refractivity contribution in [1.29, 1.82) is 0 Å². The standard InChI is InChI=1S/C22H22N8O3/c1-12(31)25-15-3-2-4-16(8-15)26-18-9-19(23-10-13-5-6-13)30-20(28-18)14(11-24-30)7-17-21(32)29-22(33)27-17/h2-4,7-9,11,13,26,32H,5-6,10H2,1H3,(H,25,31)(H2,27,29,33)/b14-7+,23-19?. The summed E-state index contributed by atoms with van der Waals surface area (Å²) in [7, 11) is 0. The lowest BCUT2D eigenvalue weighted by molar-refractivity contribution is -0.114. The molecule has 0 unspecified atom stereocenters. The number of rotatable bonds is 6. The smallest absolute Gasteiger partial charge is 0.326 e. The average molecular weight is 446 g/mol. The number of carbonyl (C=O) groups excluding carboxylic acids is 1. The lowest BCUT2D eigenvalue weighted by atomic mass is 10.2. The van der Waals surface area contributed by atoms with Crippen molar-refractivity contribution in [3.63, 3.8) is 0 Å². The van der Waals surface area contributed by atoms with E-state index in [0.29, 0.717) is 40.3 Å². The van der Waals surface area contributed by atoms with E-state index in [1.165, 1.54) is 19.8 Å². The molecule has 0 spiro atoms. The number of anilines is 3. The van der Waals surface area contributed by atoms with Gasteiger partial charge in [-0.2, -0.15) is 9.61 Å². The molecule has 33 heavy (non-hydrogen) atoms. The summed E-state index contributed by atoms with van der Waals surface area (Å²) in [6.45, 7) is 2.16. The number of nitrogens with one attached hydrogen (secondary N) is 4. The molecule has 0 aliphatic heterocycles. The lowest BCUT2D eigenvalue weighted by Crippen LogP contribution is -2.20. The predicted molar refractivity (Wildman–Crippen MR) is 122 cm³/mol. The molecule has 11 nitrogen and oxygen atoms in total. The third-order valence-electron chi connectivity index (χ3n) is 5.18. The molecule has 1 aliphatic rings. The van der Waals surface area contributed by atoms with Crippen molar-refractivity contribution < 1.29 is 9.90 Å². The maximum Gasteiger partial charge on any atom is 0.326 e. The second kappa shape index (κ2) is 8.26. The Balaban J connectivity index is 1.60. The summed E-state index contributed by atoms with van der Waals surface area (Å²) in [5, 5.41) is 20.9. The second-order valence-corrected chi connectivity index (χ2v) is 7.99. The number of hydrogen-bond donors (Lipinski definition) is 5. The fourth-order valence-corrected chi connectivity index (χ4v) is 3.44. The number of aromatic nitrogens is 5. The van der Waals surface area contributed by atoms with Gasteiger partial charge in [0.15, 0.2) is 11.1 Å². The Bertz CT molecular complexity index is 1530. The number of amides is 1. The van der Waals surface area contributed by atoms with E-state index in [-0.39, 0.29) is 17.5 Å². The van der Waals surface area contributed by atoms with E-state index >= 15 is 0 Å². The van der Waals surface area contributed by atoms with Crippen LogP contribution in [0.4, 0.5) is 17.2 Å². The molecule has 5 N–H and O–H groups in total. The molecule has 168 valence electrons. The van der Waals surface area contributed by atoms with Crippen molar-refractivity contribution in [2.24, 2.45) is 10.9 Å². The van der Waals surface area contributed by atoms with Gasteiger partial charge in [0.05, 0.1) is 6.20 Å². The van der Waals surface area contributed by atoms with Crippen molar-refractivity contribution >= 4 is 34.8 Å². The molecular formula is C22H22N8O3. The van der Waals surface area contributed by atoms with Crippen LogP contribution in [0.15, 0.2) is 46.3 Å². The minimum Gasteiger partial charge on any atom is -0.493 e. The van der Waals surface area contributed by atoms with Crippen LogP contribution in [0.3, 0.4) is 0 Å². The summed E-state index contributed by atoms with van der Waals surface area (Å²) in [5.74, 6) is 0.724. The largest absolute Gasteiger partial charge is 0.493 e. The molecule has 4 aromatic rings. The lowest BCUT2D eigenvalue weighted by Gasteiger charge is -2.09. The minimum absolute atomic E-state index is 0.154. The van der Waals surface area contributed by atoms with Crippen LogP contribution in [0.1, 0.15) is 25.5 Å². The zero-order valence-electron chi connectivity index (χ0n) is 17.8. The Labute approximate surface area is 186 Å². The molecule has 1 aliphatic carbocycles. The number of H-pyrrole nitrogens is 2. The number of nitrogens with zero attached hydrogens (tertiary/aromatic N) is 4. The molecule has 1 fully saturated rings. The number of imidazole rings is 1. The Morgan fingerprint density at radius 1 is 1.30 bits per heavy atom. The first-order valence-electron chi connectivity index (χ1n) is 10.5.